The summed E-state index contributed by atoms with van der Waals surface area (Å²) in [4.78, 5) is 39.1. The van der Waals surface area contributed by atoms with Gasteiger partial charge < -0.3 is 43.6 Å². The number of rotatable bonds is 21. The number of nitro benzene ring substituents is 1. The first-order chi connectivity index (χ1) is 33.8. The van der Waals surface area contributed by atoms with E-state index in [1.807, 2.05) is 76.2 Å². The van der Waals surface area contributed by atoms with Crippen molar-refractivity contribution in [1.82, 2.24) is 9.88 Å². The number of aromatic nitrogens is 1. The lowest BCUT2D eigenvalue weighted by atomic mass is 9.55. The van der Waals surface area contributed by atoms with E-state index in [1.165, 1.54) is 18.2 Å². The number of benzene rings is 3. The number of oxime groups is 1. The van der Waals surface area contributed by atoms with Crippen LogP contribution in [-0.2, 0) is 27.5 Å². The zero-order valence-electron chi connectivity index (χ0n) is 40.5. The van der Waals surface area contributed by atoms with Crippen molar-refractivity contribution < 1.29 is 48.5 Å². The number of nitrogens with zero attached hydrogens (tertiary/aromatic N) is 4. The number of nitro groups is 1. The summed E-state index contributed by atoms with van der Waals surface area (Å²) in [6.45, 7) is 12.5. The lowest BCUT2D eigenvalue weighted by molar-refractivity contribution is -0.384. The highest BCUT2D eigenvalue weighted by molar-refractivity contribution is 6.03. The molecule has 1 saturated carbocycles. The first kappa shape index (κ1) is 49.9. The summed E-state index contributed by atoms with van der Waals surface area (Å²) in [5.41, 5.74) is 4.80. The third-order valence-corrected chi connectivity index (χ3v) is 13.4. The van der Waals surface area contributed by atoms with E-state index < -0.39 is 28.3 Å². The molecule has 0 spiro atoms. The van der Waals surface area contributed by atoms with E-state index in [0.717, 1.165) is 53.8 Å². The van der Waals surface area contributed by atoms with Crippen molar-refractivity contribution in [3.05, 3.63) is 147 Å². The van der Waals surface area contributed by atoms with Gasteiger partial charge in [-0.15, -0.1) is 6.58 Å². The lowest BCUT2D eigenvalue weighted by Crippen LogP contribution is -2.70. The highest BCUT2D eigenvalue weighted by Gasteiger charge is 2.65. The molecule has 2 aliphatic carbocycles. The molecule has 4 aromatic rings. The Morgan fingerprint density at radius 1 is 0.986 bits per heavy atom. The number of hydrogen-bond acceptors (Lipinski definition) is 13. The minimum absolute atomic E-state index is 0.00869. The molecule has 1 aromatic heterocycles. The Balaban J connectivity index is 1.33. The quantitative estimate of drug-likeness (QED) is 0.0265. The van der Waals surface area contributed by atoms with Crippen LogP contribution in [0.2, 0.25) is 0 Å². The van der Waals surface area contributed by atoms with Gasteiger partial charge in [0.1, 0.15) is 29.7 Å². The van der Waals surface area contributed by atoms with E-state index in [-0.39, 0.29) is 75.5 Å². The first-order valence-corrected chi connectivity index (χ1v) is 24.2. The molecular formula is C55H64N4O11. The Bertz CT molecular complexity index is 2610. The number of aryl methyl sites for hydroxylation is 1. The molecule has 70 heavy (non-hydrogen) atoms. The largest absolute Gasteiger partial charge is 0.487 e. The molecule has 0 unspecified atom stereocenters. The Labute approximate surface area is 409 Å². The molecule has 8 rings (SSSR count). The second-order valence-electron chi connectivity index (χ2n) is 19.4. The van der Waals surface area contributed by atoms with E-state index in [1.54, 1.807) is 29.2 Å². The average molecular weight is 957 g/mol. The smallest absolute Gasteiger partial charge is 0.269 e. The van der Waals surface area contributed by atoms with E-state index in [9.17, 15) is 20.3 Å². The van der Waals surface area contributed by atoms with E-state index in [4.69, 9.17) is 33.7 Å². The summed E-state index contributed by atoms with van der Waals surface area (Å²) in [6, 6.07) is 22.5. The third kappa shape index (κ3) is 11.2. The van der Waals surface area contributed by atoms with Crippen molar-refractivity contribution in [2.75, 3.05) is 26.6 Å². The summed E-state index contributed by atoms with van der Waals surface area (Å²) < 4.78 is 32.6. The number of pyridine rings is 1. The van der Waals surface area contributed by atoms with Gasteiger partial charge in [0.05, 0.1) is 28.9 Å². The number of aliphatic hydroxyl groups is 2. The molecule has 370 valence electrons. The normalized spacial score (nSPS) is 22.7. The fourth-order valence-corrected chi connectivity index (χ4v) is 10.3. The third-order valence-electron chi connectivity index (χ3n) is 13.4. The molecular weight excluding hydrogens is 893 g/mol. The predicted molar refractivity (Wildman–Crippen MR) is 264 cm³/mol. The molecule has 1 fully saturated rings. The van der Waals surface area contributed by atoms with Gasteiger partial charge in [-0.25, -0.2) is 0 Å². The lowest BCUT2D eigenvalue weighted by Gasteiger charge is -2.60. The first-order valence-electron chi connectivity index (χ1n) is 24.2. The minimum atomic E-state index is -1.54. The van der Waals surface area contributed by atoms with Crippen molar-refractivity contribution in [1.29, 1.82) is 0 Å². The molecule has 2 aliphatic heterocycles. The zero-order valence-corrected chi connectivity index (χ0v) is 40.5. The second kappa shape index (κ2) is 22.0. The Hall–Kier alpha value is -6.55. The SMILES string of the molecule is C=CCO[C@@]12Oc3ccc(OCc4cccc(C)n4)cc3[C@H]3[C@H](CCCCO)[C@@H](CCCCO)C=C(C(=NOC(C)(C)C)C[C@@H]1N(Cc1ccc4c(c1)OCO4)C(=O)C=Cc1ccc([N+](=O)[O-])cc1)[C@H]32. The van der Waals surface area contributed by atoms with Gasteiger partial charge in [-0.1, -0.05) is 42.3 Å². The van der Waals surface area contributed by atoms with Crippen molar-refractivity contribution in [2.24, 2.45) is 22.9 Å². The molecule has 1 amide bonds. The predicted octanol–water partition coefficient (Wildman–Crippen LogP) is 9.78. The summed E-state index contributed by atoms with van der Waals surface area (Å²) in [7, 11) is 0. The molecule has 6 atom stereocenters. The van der Waals surface area contributed by atoms with Crippen LogP contribution in [0.25, 0.3) is 6.08 Å². The number of carbonyl (C=O) groups is 1. The molecule has 0 radical (unpaired) electrons. The number of non-ortho nitro benzene ring substituents is 1. The standard InChI is InChI=1S/C55H64N4O11/c1-6-28-68-55-50(58(33-38-18-23-48-49(29-38)67-35-66-48)51(62)25-19-37-16-20-41(21-17-37)59(63)64)32-46(57-70-54(3,4)5)44-30-39(13-7-9-26-60)43(15-8-10-27-61)52(53(44)55)45-31-42(22-24-47(45)69-55)65-34-40-14-11-12-36(2)56-40/h6,11-12,14,16-25,29-31,39,43,50,52-53,60-61H,1,7-10,13,15,26-28,32-35H2,2-5H3/t39-,43+,50-,52+,53+,55+/m0/s1. The van der Waals surface area contributed by atoms with Crippen LogP contribution >= 0.6 is 0 Å². The maximum absolute atomic E-state index is 15.3. The molecule has 2 N–H and O–H groups in total. The maximum atomic E-state index is 15.3. The van der Waals surface area contributed by atoms with E-state index in [2.05, 4.69) is 23.7 Å². The summed E-state index contributed by atoms with van der Waals surface area (Å²) >= 11 is 0. The number of allylic oxidation sites excluding steroid dienone is 1. The van der Waals surface area contributed by atoms with Crippen molar-refractivity contribution in [3.8, 4) is 23.0 Å². The second-order valence-corrected chi connectivity index (χ2v) is 19.4. The summed E-state index contributed by atoms with van der Waals surface area (Å²) in [6.07, 6.45) is 11.7. The minimum Gasteiger partial charge on any atom is -0.487 e. The van der Waals surface area contributed by atoms with Crippen molar-refractivity contribution >= 4 is 23.4 Å². The molecule has 0 bridgehead atoms. The molecule has 4 aliphatic rings. The Morgan fingerprint density at radius 2 is 1.74 bits per heavy atom. The summed E-state index contributed by atoms with van der Waals surface area (Å²) in [5, 5.41) is 36.5. The van der Waals surface area contributed by atoms with Crippen LogP contribution in [-0.4, -0.2) is 80.7 Å². The zero-order chi connectivity index (χ0) is 49.4. The van der Waals surface area contributed by atoms with Gasteiger partial charge in [-0.3, -0.25) is 19.9 Å². The fraction of sp³-hybridized carbons (Fsp3) is 0.436. The van der Waals surface area contributed by atoms with Gasteiger partial charge in [0, 0.05) is 61.6 Å². The summed E-state index contributed by atoms with van der Waals surface area (Å²) in [5.74, 6) is -0.355. The van der Waals surface area contributed by atoms with Crippen LogP contribution in [0, 0.1) is 34.8 Å². The number of ether oxygens (including phenoxy) is 5. The van der Waals surface area contributed by atoms with Crippen LogP contribution in [0.4, 0.5) is 5.69 Å². The van der Waals surface area contributed by atoms with Crippen LogP contribution in [0.15, 0.2) is 114 Å². The molecule has 3 heterocycles. The van der Waals surface area contributed by atoms with Gasteiger partial charge in [0.25, 0.3) is 5.69 Å². The van der Waals surface area contributed by atoms with Gasteiger partial charge in [0.2, 0.25) is 18.5 Å². The Kier molecular flexibility index (Phi) is 15.7. The molecule has 15 nitrogen and oxygen atoms in total. The average Bonchev–Trinajstić information content (AvgIpc) is 3.82. The fourth-order valence-electron chi connectivity index (χ4n) is 10.3. The molecule has 3 aromatic carbocycles. The van der Waals surface area contributed by atoms with Gasteiger partial charge in [-0.05, 0) is 143 Å². The molecule has 0 saturated heterocycles. The van der Waals surface area contributed by atoms with Crippen LogP contribution in [0.1, 0.15) is 99.7 Å². The number of carbonyl (C=O) groups excluding carboxylic acids is 1. The number of fused-ring (bicyclic) bond motifs is 3. The Morgan fingerprint density at radius 3 is 2.47 bits per heavy atom. The van der Waals surface area contributed by atoms with Crippen LogP contribution in [0.5, 0.6) is 23.0 Å². The number of aliphatic hydroxyl groups excluding tert-OH is 2. The number of unbranched alkanes of at least 4 members (excludes halogenated alkanes) is 2. The van der Waals surface area contributed by atoms with Gasteiger partial charge in [0.15, 0.2) is 11.5 Å². The van der Waals surface area contributed by atoms with Crippen molar-refractivity contribution in [2.45, 2.75) is 109 Å². The van der Waals surface area contributed by atoms with Crippen molar-refractivity contribution in [3.63, 3.8) is 0 Å². The van der Waals surface area contributed by atoms with Gasteiger partial charge >= 0.3 is 0 Å². The number of hydrogen-bond donors (Lipinski definition) is 2. The highest BCUT2D eigenvalue weighted by atomic mass is 16.7. The van der Waals surface area contributed by atoms with E-state index >= 15 is 4.79 Å². The maximum Gasteiger partial charge on any atom is 0.269 e. The van der Waals surface area contributed by atoms with Crippen LogP contribution in [0.3, 0.4) is 0 Å². The topological polar surface area (TPSA) is 185 Å². The van der Waals surface area contributed by atoms with Crippen LogP contribution < -0.4 is 18.9 Å². The van der Waals surface area contributed by atoms with E-state index in [0.29, 0.717) is 47.1 Å². The van der Waals surface area contributed by atoms with Gasteiger partial charge in [-0.2, -0.15) is 0 Å². The monoisotopic (exact) mass is 956 g/mol. The highest BCUT2D eigenvalue weighted by Crippen LogP contribution is 2.62. The number of amides is 1. The molecule has 15 heteroatoms.